The highest BCUT2D eigenvalue weighted by atomic mass is 32.2. The topological polar surface area (TPSA) is 104 Å². The van der Waals surface area contributed by atoms with E-state index >= 15 is 0 Å². The van der Waals surface area contributed by atoms with Crippen LogP contribution in [0, 0.1) is 0 Å². The normalized spacial score (nSPS) is 11.4. The Morgan fingerprint density at radius 2 is 1.96 bits per heavy atom. The number of hydrogen-bond acceptors (Lipinski definition) is 7. The number of sulfone groups is 1. The van der Waals surface area contributed by atoms with Crippen LogP contribution in [0.25, 0.3) is 0 Å². The van der Waals surface area contributed by atoms with Crippen LogP contribution in [0.2, 0.25) is 0 Å². The summed E-state index contributed by atoms with van der Waals surface area (Å²) in [5, 5.41) is 11.3. The van der Waals surface area contributed by atoms with Crippen LogP contribution in [-0.2, 0) is 33.5 Å². The second kappa shape index (κ2) is 8.00. The van der Waals surface area contributed by atoms with Crippen LogP contribution in [0.3, 0.4) is 0 Å². The van der Waals surface area contributed by atoms with Gasteiger partial charge in [-0.25, -0.2) is 17.9 Å². The van der Waals surface area contributed by atoms with Gasteiger partial charge in [-0.3, -0.25) is 0 Å². The SMILES string of the molecule is CCCCn1nnnc1COC(=O)c1ccc(CS(C)(=O)=O)cc1. The van der Waals surface area contributed by atoms with Gasteiger partial charge < -0.3 is 4.74 Å². The minimum absolute atomic E-state index is 0.0133. The Bertz CT molecular complexity index is 784. The largest absolute Gasteiger partial charge is 0.454 e. The van der Waals surface area contributed by atoms with Gasteiger partial charge in [-0.1, -0.05) is 25.5 Å². The average molecular weight is 352 g/mol. The van der Waals surface area contributed by atoms with Crippen LogP contribution < -0.4 is 0 Å². The van der Waals surface area contributed by atoms with Crippen molar-refractivity contribution >= 4 is 15.8 Å². The van der Waals surface area contributed by atoms with Gasteiger partial charge in [0.05, 0.1) is 11.3 Å². The Morgan fingerprint density at radius 3 is 2.58 bits per heavy atom. The first kappa shape index (κ1) is 18.1. The molecule has 2 rings (SSSR count). The highest BCUT2D eigenvalue weighted by molar-refractivity contribution is 7.89. The highest BCUT2D eigenvalue weighted by Gasteiger charge is 2.12. The molecule has 0 fully saturated rings. The van der Waals surface area contributed by atoms with E-state index in [-0.39, 0.29) is 12.4 Å². The van der Waals surface area contributed by atoms with E-state index in [0.717, 1.165) is 19.1 Å². The number of ether oxygens (including phenoxy) is 1. The Hall–Kier alpha value is -2.29. The number of carbonyl (C=O) groups excluding carboxylic acids is 1. The average Bonchev–Trinajstić information content (AvgIpc) is 2.97. The molecular formula is C15H20N4O4S. The summed E-state index contributed by atoms with van der Waals surface area (Å²) in [6.07, 6.45) is 3.12. The fraction of sp³-hybridized carbons (Fsp3) is 0.467. The minimum Gasteiger partial charge on any atom is -0.454 e. The number of aryl methyl sites for hydroxylation is 1. The fourth-order valence-electron chi connectivity index (χ4n) is 2.06. The summed E-state index contributed by atoms with van der Waals surface area (Å²) in [6, 6.07) is 6.29. The van der Waals surface area contributed by atoms with Gasteiger partial charge in [0.25, 0.3) is 0 Å². The number of esters is 1. The molecule has 130 valence electrons. The standard InChI is InChI=1S/C15H20N4O4S/c1-3-4-9-19-14(16-17-18-19)10-23-15(20)13-7-5-12(6-8-13)11-24(2,21)22/h5-8H,3-4,9-11H2,1-2H3. The molecule has 1 heterocycles. The number of rotatable bonds is 8. The molecule has 8 nitrogen and oxygen atoms in total. The maximum Gasteiger partial charge on any atom is 0.338 e. The van der Waals surface area contributed by atoms with Crippen LogP contribution in [0.5, 0.6) is 0 Å². The van der Waals surface area contributed by atoms with Crippen LogP contribution >= 0.6 is 0 Å². The molecular weight excluding hydrogens is 332 g/mol. The molecule has 24 heavy (non-hydrogen) atoms. The first-order valence-electron chi connectivity index (χ1n) is 7.58. The molecule has 0 bridgehead atoms. The number of nitrogens with zero attached hydrogens (tertiary/aromatic N) is 4. The van der Waals surface area contributed by atoms with E-state index < -0.39 is 15.8 Å². The summed E-state index contributed by atoms with van der Waals surface area (Å²) >= 11 is 0. The van der Waals surface area contributed by atoms with Gasteiger partial charge in [0, 0.05) is 12.8 Å². The predicted octanol–water partition coefficient (Wildman–Crippen LogP) is 1.37. The molecule has 0 aliphatic rings. The smallest absolute Gasteiger partial charge is 0.338 e. The molecule has 0 radical (unpaired) electrons. The quantitative estimate of drug-likeness (QED) is 0.661. The molecule has 0 N–H and O–H groups in total. The van der Waals surface area contributed by atoms with Crippen molar-refractivity contribution in [1.29, 1.82) is 0 Å². The molecule has 0 amide bonds. The third kappa shape index (κ3) is 5.41. The Kier molecular flexibility index (Phi) is 6.02. The molecule has 2 aromatic rings. The van der Waals surface area contributed by atoms with Gasteiger partial charge in [-0.2, -0.15) is 0 Å². The van der Waals surface area contributed by atoms with Crippen molar-refractivity contribution in [3.8, 4) is 0 Å². The second-order valence-electron chi connectivity index (χ2n) is 5.51. The molecule has 0 aliphatic carbocycles. The Labute approximate surface area is 140 Å². The summed E-state index contributed by atoms with van der Waals surface area (Å²) < 4.78 is 29.3. The van der Waals surface area contributed by atoms with E-state index in [1.807, 2.05) is 0 Å². The van der Waals surface area contributed by atoms with Crippen molar-refractivity contribution in [2.75, 3.05) is 6.26 Å². The van der Waals surface area contributed by atoms with Gasteiger partial charge in [-0.05, 0) is 34.5 Å². The molecule has 0 aliphatic heterocycles. The molecule has 0 saturated carbocycles. The van der Waals surface area contributed by atoms with Crippen LogP contribution in [0.15, 0.2) is 24.3 Å². The maximum atomic E-state index is 12.0. The Morgan fingerprint density at radius 1 is 1.25 bits per heavy atom. The number of hydrogen-bond donors (Lipinski definition) is 0. The zero-order valence-electron chi connectivity index (χ0n) is 13.7. The number of carbonyl (C=O) groups is 1. The molecule has 1 aromatic carbocycles. The number of aromatic nitrogens is 4. The van der Waals surface area contributed by atoms with E-state index in [9.17, 15) is 13.2 Å². The maximum absolute atomic E-state index is 12.0. The van der Waals surface area contributed by atoms with Gasteiger partial charge in [0.2, 0.25) is 0 Å². The van der Waals surface area contributed by atoms with Gasteiger partial charge in [0.15, 0.2) is 22.3 Å². The zero-order chi connectivity index (χ0) is 17.6. The monoisotopic (exact) mass is 352 g/mol. The van der Waals surface area contributed by atoms with Gasteiger partial charge in [0.1, 0.15) is 0 Å². The molecule has 9 heteroatoms. The third-order valence-corrected chi connectivity index (χ3v) is 4.14. The highest BCUT2D eigenvalue weighted by Crippen LogP contribution is 2.10. The zero-order valence-corrected chi connectivity index (χ0v) is 14.5. The summed E-state index contributed by atoms with van der Waals surface area (Å²) in [5.74, 6) is -0.0782. The van der Waals surface area contributed by atoms with Crippen LogP contribution in [0.1, 0.15) is 41.5 Å². The van der Waals surface area contributed by atoms with Crippen molar-refractivity contribution in [3.05, 3.63) is 41.2 Å². The predicted molar refractivity (Wildman–Crippen MR) is 86.8 cm³/mol. The van der Waals surface area contributed by atoms with E-state index in [4.69, 9.17) is 4.74 Å². The number of benzene rings is 1. The summed E-state index contributed by atoms with van der Waals surface area (Å²) in [6.45, 7) is 2.73. The molecule has 0 spiro atoms. The lowest BCUT2D eigenvalue weighted by Crippen LogP contribution is -2.11. The van der Waals surface area contributed by atoms with Gasteiger partial charge in [-0.15, -0.1) is 5.10 Å². The lowest BCUT2D eigenvalue weighted by molar-refractivity contribution is 0.0456. The van der Waals surface area contributed by atoms with E-state index in [0.29, 0.717) is 23.5 Å². The summed E-state index contributed by atoms with van der Waals surface area (Å²) in [7, 11) is -3.10. The van der Waals surface area contributed by atoms with E-state index in [1.165, 1.54) is 0 Å². The van der Waals surface area contributed by atoms with Crippen molar-refractivity contribution < 1.29 is 17.9 Å². The minimum atomic E-state index is -3.10. The molecule has 0 saturated heterocycles. The lowest BCUT2D eigenvalue weighted by atomic mass is 10.1. The lowest BCUT2D eigenvalue weighted by Gasteiger charge is -2.06. The first-order chi connectivity index (χ1) is 11.4. The van der Waals surface area contributed by atoms with E-state index in [1.54, 1.807) is 28.9 Å². The van der Waals surface area contributed by atoms with Crippen molar-refractivity contribution in [2.24, 2.45) is 0 Å². The summed E-state index contributed by atoms with van der Waals surface area (Å²) in [5.41, 5.74) is 0.970. The molecule has 1 aromatic heterocycles. The van der Waals surface area contributed by atoms with Crippen LogP contribution in [0.4, 0.5) is 0 Å². The van der Waals surface area contributed by atoms with Crippen molar-refractivity contribution in [3.63, 3.8) is 0 Å². The summed E-state index contributed by atoms with van der Waals surface area (Å²) in [4.78, 5) is 12.0. The first-order valence-corrected chi connectivity index (χ1v) is 9.64. The van der Waals surface area contributed by atoms with Crippen LogP contribution in [-0.4, -0.2) is 40.9 Å². The Balaban J connectivity index is 1.94. The number of unbranched alkanes of at least 4 members (excludes halogenated alkanes) is 1. The third-order valence-electron chi connectivity index (χ3n) is 3.28. The molecule has 0 unspecified atom stereocenters. The van der Waals surface area contributed by atoms with Gasteiger partial charge >= 0.3 is 5.97 Å². The van der Waals surface area contributed by atoms with E-state index in [2.05, 4.69) is 22.4 Å². The fourth-order valence-corrected chi connectivity index (χ4v) is 2.86. The van der Waals surface area contributed by atoms with Crippen molar-refractivity contribution in [1.82, 2.24) is 20.2 Å². The molecule has 0 atom stereocenters. The second-order valence-corrected chi connectivity index (χ2v) is 7.66. The number of tetrazole rings is 1. The van der Waals surface area contributed by atoms with Crippen molar-refractivity contribution in [2.45, 2.75) is 38.7 Å².